The maximum atomic E-state index is 12.3. The third kappa shape index (κ3) is 4.40. The van der Waals surface area contributed by atoms with Gasteiger partial charge in [-0.15, -0.1) is 0 Å². The summed E-state index contributed by atoms with van der Waals surface area (Å²) in [6.45, 7) is 0.231. The summed E-state index contributed by atoms with van der Waals surface area (Å²) in [5, 5.41) is 19.6. The van der Waals surface area contributed by atoms with Gasteiger partial charge in [0.05, 0.1) is 14.3 Å². The summed E-state index contributed by atoms with van der Waals surface area (Å²) >= 11 is 9.34. The molecule has 1 aromatic carbocycles. The lowest BCUT2D eigenvalue weighted by Crippen LogP contribution is -2.29. The zero-order valence-corrected chi connectivity index (χ0v) is 15.3. The Labute approximate surface area is 155 Å². The van der Waals surface area contributed by atoms with E-state index in [1.54, 1.807) is 6.07 Å². The van der Waals surface area contributed by atoms with Crippen LogP contribution in [0.1, 0.15) is 18.4 Å². The maximum Gasteiger partial charge on any atom is 0.303 e. The predicted octanol–water partition coefficient (Wildman–Crippen LogP) is 3.42. The largest absolute Gasteiger partial charge is 0.481 e. The minimum atomic E-state index is -0.932. The van der Waals surface area contributed by atoms with E-state index in [1.807, 2.05) is 0 Å². The molecule has 0 aromatic heterocycles. The number of carbonyl (C=O) groups is 2. The molecule has 7 nitrogen and oxygen atoms in total. The van der Waals surface area contributed by atoms with Crippen LogP contribution < -0.4 is 0 Å². The third-order valence-corrected chi connectivity index (χ3v) is 5.16. The molecule has 0 aliphatic carbocycles. The van der Waals surface area contributed by atoms with Gasteiger partial charge in [0.2, 0.25) is 0 Å². The molecule has 1 fully saturated rings. The smallest absolute Gasteiger partial charge is 0.303 e. The summed E-state index contributed by atoms with van der Waals surface area (Å²) in [5.74, 6) is -1.25. The van der Waals surface area contributed by atoms with E-state index in [0.717, 1.165) is 11.8 Å². The Bertz CT molecular complexity index is 766. The number of nitro groups is 1. The van der Waals surface area contributed by atoms with Gasteiger partial charge in [0.25, 0.3) is 11.6 Å². The van der Waals surface area contributed by atoms with Crippen LogP contribution in [-0.4, -0.2) is 37.7 Å². The van der Waals surface area contributed by atoms with Crippen molar-refractivity contribution < 1.29 is 19.6 Å². The van der Waals surface area contributed by atoms with E-state index in [-0.39, 0.29) is 24.6 Å². The second-order valence-corrected chi connectivity index (χ2v) is 7.33. The molecule has 1 aliphatic rings. The van der Waals surface area contributed by atoms with Crippen LogP contribution in [0.3, 0.4) is 0 Å². The van der Waals surface area contributed by atoms with E-state index in [9.17, 15) is 19.7 Å². The van der Waals surface area contributed by atoms with Gasteiger partial charge in [-0.05, 0) is 40.1 Å². The van der Waals surface area contributed by atoms with Crippen molar-refractivity contribution in [2.45, 2.75) is 12.8 Å². The Balaban J connectivity index is 2.18. The topological polar surface area (TPSA) is 101 Å². The average molecular weight is 431 g/mol. The molecule has 0 unspecified atom stereocenters. The molecule has 2 rings (SSSR count). The maximum absolute atomic E-state index is 12.3. The molecule has 1 aromatic rings. The number of carbonyl (C=O) groups excluding carboxylic acids is 1. The zero-order valence-electron chi connectivity index (χ0n) is 12.1. The van der Waals surface area contributed by atoms with Crippen LogP contribution in [0.15, 0.2) is 27.6 Å². The fourth-order valence-corrected chi connectivity index (χ4v) is 3.69. The number of hydrogen-bond donors (Lipinski definition) is 1. The highest BCUT2D eigenvalue weighted by atomic mass is 79.9. The molecule has 0 bridgehead atoms. The van der Waals surface area contributed by atoms with Crippen molar-refractivity contribution in [2.24, 2.45) is 0 Å². The van der Waals surface area contributed by atoms with Gasteiger partial charge < -0.3 is 5.11 Å². The third-order valence-electron chi connectivity index (χ3n) is 3.11. The number of carboxylic acid groups (broad SMARTS) is 1. The highest BCUT2D eigenvalue weighted by molar-refractivity contribution is 9.10. The second kappa shape index (κ2) is 7.86. The summed E-state index contributed by atoms with van der Waals surface area (Å²) in [6.07, 6.45) is 1.80. The Hall–Kier alpha value is -1.78. The number of rotatable bonds is 6. The van der Waals surface area contributed by atoms with Crippen molar-refractivity contribution in [1.82, 2.24) is 4.90 Å². The standard InChI is InChI=1S/C14H11BrN2O5S2/c15-9-4-3-8(6-10(9)17(21)22)7-11-13(20)16(14(23)24-11)5-1-2-12(18)19/h3-4,6-7H,1-2,5H2,(H,18,19). The predicted molar refractivity (Wildman–Crippen MR) is 97.5 cm³/mol. The van der Waals surface area contributed by atoms with Crippen molar-refractivity contribution in [3.8, 4) is 0 Å². The number of nitro benzene ring substituents is 1. The molecule has 1 saturated heterocycles. The fraction of sp³-hybridized carbons (Fsp3) is 0.214. The van der Waals surface area contributed by atoms with E-state index in [4.69, 9.17) is 17.3 Å². The number of thiocarbonyl (C=S) groups is 1. The molecule has 1 N–H and O–H groups in total. The summed E-state index contributed by atoms with van der Waals surface area (Å²) < 4.78 is 0.703. The molecule has 1 heterocycles. The first kappa shape index (κ1) is 18.6. The van der Waals surface area contributed by atoms with Crippen LogP contribution in [-0.2, 0) is 9.59 Å². The van der Waals surface area contributed by atoms with E-state index >= 15 is 0 Å². The van der Waals surface area contributed by atoms with Gasteiger partial charge in [0, 0.05) is 19.0 Å². The van der Waals surface area contributed by atoms with Crippen LogP contribution in [0, 0.1) is 10.1 Å². The highest BCUT2D eigenvalue weighted by Crippen LogP contribution is 2.34. The minimum Gasteiger partial charge on any atom is -0.481 e. The van der Waals surface area contributed by atoms with Crippen molar-refractivity contribution in [3.05, 3.63) is 43.3 Å². The van der Waals surface area contributed by atoms with Crippen LogP contribution in [0.5, 0.6) is 0 Å². The van der Waals surface area contributed by atoms with Gasteiger partial charge in [0.15, 0.2) is 0 Å². The summed E-state index contributed by atoms with van der Waals surface area (Å²) in [6, 6.07) is 4.55. The van der Waals surface area contributed by atoms with Crippen LogP contribution in [0.2, 0.25) is 0 Å². The van der Waals surface area contributed by atoms with Crippen molar-refractivity contribution >= 4 is 67.9 Å². The van der Waals surface area contributed by atoms with Gasteiger partial charge in [0.1, 0.15) is 4.32 Å². The van der Waals surface area contributed by atoms with Gasteiger partial charge >= 0.3 is 5.97 Å². The van der Waals surface area contributed by atoms with Crippen molar-refractivity contribution in [1.29, 1.82) is 0 Å². The Morgan fingerprint density at radius 1 is 1.50 bits per heavy atom. The van der Waals surface area contributed by atoms with Crippen LogP contribution >= 0.6 is 39.9 Å². The number of halogens is 1. The van der Waals surface area contributed by atoms with Gasteiger partial charge in [-0.1, -0.05) is 30.0 Å². The highest BCUT2D eigenvalue weighted by Gasteiger charge is 2.31. The Morgan fingerprint density at radius 2 is 2.21 bits per heavy atom. The molecule has 0 radical (unpaired) electrons. The SMILES string of the molecule is O=C(O)CCCN1C(=O)C(=Cc2ccc(Br)c([N+](=O)[O-])c2)SC1=S. The Morgan fingerprint density at radius 3 is 2.83 bits per heavy atom. The first-order valence-electron chi connectivity index (χ1n) is 6.70. The van der Waals surface area contributed by atoms with E-state index in [1.165, 1.54) is 23.1 Å². The van der Waals surface area contributed by atoms with E-state index in [0.29, 0.717) is 25.7 Å². The molecule has 0 spiro atoms. The van der Waals surface area contributed by atoms with E-state index in [2.05, 4.69) is 15.9 Å². The fourth-order valence-electron chi connectivity index (χ4n) is 1.99. The number of aliphatic carboxylic acids is 1. The number of thioether (sulfide) groups is 1. The lowest BCUT2D eigenvalue weighted by Gasteiger charge is -2.13. The average Bonchev–Trinajstić information content (AvgIpc) is 2.76. The molecular weight excluding hydrogens is 420 g/mol. The summed E-state index contributed by atoms with van der Waals surface area (Å²) in [4.78, 5) is 35.0. The number of carboxylic acids is 1. The normalized spacial score (nSPS) is 16.0. The summed E-state index contributed by atoms with van der Waals surface area (Å²) in [5.41, 5.74) is 0.414. The van der Waals surface area contributed by atoms with Gasteiger partial charge in [-0.3, -0.25) is 24.6 Å². The molecule has 1 aliphatic heterocycles. The summed E-state index contributed by atoms with van der Waals surface area (Å²) in [7, 11) is 0. The molecule has 0 saturated carbocycles. The molecule has 0 atom stereocenters. The molecule has 24 heavy (non-hydrogen) atoms. The lowest BCUT2D eigenvalue weighted by molar-refractivity contribution is -0.385. The number of amides is 1. The van der Waals surface area contributed by atoms with Crippen LogP contribution in [0.4, 0.5) is 5.69 Å². The molecule has 10 heteroatoms. The minimum absolute atomic E-state index is 0.0466. The molecular formula is C14H11BrN2O5S2. The second-order valence-electron chi connectivity index (χ2n) is 4.80. The van der Waals surface area contributed by atoms with Crippen LogP contribution in [0.25, 0.3) is 6.08 Å². The van der Waals surface area contributed by atoms with Crippen molar-refractivity contribution in [3.63, 3.8) is 0 Å². The molecule has 126 valence electrons. The number of hydrogen-bond acceptors (Lipinski definition) is 6. The zero-order chi connectivity index (χ0) is 17.9. The van der Waals surface area contributed by atoms with Gasteiger partial charge in [-0.25, -0.2) is 0 Å². The van der Waals surface area contributed by atoms with Gasteiger partial charge in [-0.2, -0.15) is 0 Å². The Kier molecular flexibility index (Phi) is 6.08. The molecule has 1 amide bonds. The van der Waals surface area contributed by atoms with E-state index < -0.39 is 10.9 Å². The van der Waals surface area contributed by atoms with Crippen molar-refractivity contribution in [2.75, 3.05) is 6.54 Å². The quantitative estimate of drug-likeness (QED) is 0.319. The first-order valence-corrected chi connectivity index (χ1v) is 8.72. The number of nitrogens with zero attached hydrogens (tertiary/aromatic N) is 2. The first-order chi connectivity index (χ1) is 11.3. The number of benzene rings is 1. The monoisotopic (exact) mass is 430 g/mol. The lowest BCUT2D eigenvalue weighted by atomic mass is 10.2.